The van der Waals surface area contributed by atoms with Crippen molar-refractivity contribution in [3.63, 3.8) is 0 Å². The molecule has 1 atom stereocenters. The maximum atomic E-state index is 12.7. The van der Waals surface area contributed by atoms with E-state index in [9.17, 15) is 4.79 Å². The van der Waals surface area contributed by atoms with Crippen LogP contribution >= 0.6 is 0 Å². The normalized spacial score (nSPS) is 22.5. The molecule has 3 rings (SSSR count). The summed E-state index contributed by atoms with van der Waals surface area (Å²) < 4.78 is 0. The van der Waals surface area contributed by atoms with Crippen molar-refractivity contribution in [1.82, 2.24) is 20.1 Å². The number of likely N-dealkylation sites (tertiary alicyclic amines) is 2. The third kappa shape index (κ3) is 6.56. The van der Waals surface area contributed by atoms with Crippen LogP contribution in [0.2, 0.25) is 0 Å². The third-order valence-corrected chi connectivity index (χ3v) is 6.34. The summed E-state index contributed by atoms with van der Waals surface area (Å²) >= 11 is 0. The molecular formula is C23H38N4O. The van der Waals surface area contributed by atoms with Crippen LogP contribution in [0, 0.1) is 11.8 Å². The van der Waals surface area contributed by atoms with Gasteiger partial charge in [-0.3, -0.25) is 14.7 Å². The predicted octanol–water partition coefficient (Wildman–Crippen LogP) is 3.31. The maximum Gasteiger partial charge on any atom is 0.224 e. The zero-order valence-electron chi connectivity index (χ0n) is 17.8. The molecule has 5 heteroatoms. The van der Waals surface area contributed by atoms with E-state index in [1.807, 2.05) is 18.3 Å². The molecule has 0 bridgehead atoms. The van der Waals surface area contributed by atoms with E-state index in [1.165, 1.54) is 45.3 Å². The van der Waals surface area contributed by atoms with Crippen molar-refractivity contribution in [1.29, 1.82) is 0 Å². The van der Waals surface area contributed by atoms with Crippen molar-refractivity contribution in [3.05, 3.63) is 30.1 Å². The largest absolute Gasteiger partial charge is 0.352 e. The van der Waals surface area contributed by atoms with Gasteiger partial charge in [-0.1, -0.05) is 19.9 Å². The Bertz CT molecular complexity index is 584. The average molecular weight is 387 g/mol. The molecule has 2 fully saturated rings. The molecule has 1 aromatic rings. The molecule has 0 saturated carbocycles. The van der Waals surface area contributed by atoms with Crippen LogP contribution in [0.1, 0.15) is 57.9 Å². The number of hydrogen-bond acceptors (Lipinski definition) is 4. The van der Waals surface area contributed by atoms with Crippen molar-refractivity contribution < 1.29 is 4.79 Å². The molecule has 0 aromatic carbocycles. The van der Waals surface area contributed by atoms with Crippen LogP contribution in [0.15, 0.2) is 24.5 Å². The minimum Gasteiger partial charge on any atom is -0.352 e. The maximum absolute atomic E-state index is 12.7. The number of carbonyl (C=O) groups is 1. The molecule has 0 spiro atoms. The molecule has 28 heavy (non-hydrogen) atoms. The van der Waals surface area contributed by atoms with Gasteiger partial charge in [0.25, 0.3) is 0 Å². The molecule has 3 heterocycles. The molecule has 0 aliphatic carbocycles. The number of carbonyl (C=O) groups excluding carboxylic acids is 1. The van der Waals surface area contributed by atoms with Crippen LogP contribution < -0.4 is 5.32 Å². The van der Waals surface area contributed by atoms with Crippen LogP contribution in [0.25, 0.3) is 0 Å². The minimum absolute atomic E-state index is 0.134. The van der Waals surface area contributed by atoms with E-state index in [-0.39, 0.29) is 11.8 Å². The highest BCUT2D eigenvalue weighted by molar-refractivity contribution is 5.78. The lowest BCUT2D eigenvalue weighted by Crippen LogP contribution is -2.50. The summed E-state index contributed by atoms with van der Waals surface area (Å²) in [6.07, 6.45) is 10.9. The Hall–Kier alpha value is -1.46. The van der Waals surface area contributed by atoms with Gasteiger partial charge < -0.3 is 10.2 Å². The van der Waals surface area contributed by atoms with E-state index in [2.05, 4.69) is 33.9 Å². The molecule has 1 amide bonds. The summed E-state index contributed by atoms with van der Waals surface area (Å²) in [5.41, 5.74) is 1.06. The second-order valence-electron chi connectivity index (χ2n) is 9.02. The van der Waals surface area contributed by atoms with Gasteiger partial charge in [-0.25, -0.2) is 0 Å². The van der Waals surface area contributed by atoms with Crippen LogP contribution in [0.5, 0.6) is 0 Å². The number of hydrogen-bond donors (Lipinski definition) is 1. The lowest BCUT2D eigenvalue weighted by molar-refractivity contribution is -0.127. The van der Waals surface area contributed by atoms with Crippen molar-refractivity contribution in [2.24, 2.45) is 11.8 Å². The smallest absolute Gasteiger partial charge is 0.224 e. The van der Waals surface area contributed by atoms with Gasteiger partial charge in [0, 0.05) is 31.5 Å². The van der Waals surface area contributed by atoms with Gasteiger partial charge in [0.05, 0.1) is 5.92 Å². The van der Waals surface area contributed by atoms with E-state index in [0.29, 0.717) is 12.6 Å². The summed E-state index contributed by atoms with van der Waals surface area (Å²) in [6, 6.07) is 4.59. The molecule has 1 aromatic heterocycles. The number of nitrogens with zero attached hydrogens (tertiary/aromatic N) is 3. The lowest BCUT2D eigenvalue weighted by Gasteiger charge is -2.42. The summed E-state index contributed by atoms with van der Waals surface area (Å²) in [5, 5.41) is 3.12. The van der Waals surface area contributed by atoms with Crippen LogP contribution in [-0.2, 0) is 11.3 Å². The topological polar surface area (TPSA) is 48.5 Å². The van der Waals surface area contributed by atoms with Crippen molar-refractivity contribution >= 4 is 5.91 Å². The van der Waals surface area contributed by atoms with Gasteiger partial charge in [-0.2, -0.15) is 0 Å². The fourth-order valence-electron chi connectivity index (χ4n) is 4.62. The van der Waals surface area contributed by atoms with Crippen LogP contribution in [-0.4, -0.2) is 59.5 Å². The summed E-state index contributed by atoms with van der Waals surface area (Å²) in [6.45, 7) is 11.0. The van der Waals surface area contributed by atoms with Gasteiger partial charge in [-0.05, 0) is 82.3 Å². The first-order valence-electron chi connectivity index (χ1n) is 11.2. The number of nitrogens with one attached hydrogen (secondary N) is 1. The zero-order chi connectivity index (χ0) is 19.8. The Morgan fingerprint density at radius 3 is 2.79 bits per heavy atom. The Balaban J connectivity index is 1.39. The fourth-order valence-corrected chi connectivity index (χ4v) is 4.62. The van der Waals surface area contributed by atoms with Crippen molar-refractivity contribution in [3.8, 4) is 0 Å². The Morgan fingerprint density at radius 2 is 2.07 bits per heavy atom. The van der Waals surface area contributed by atoms with Gasteiger partial charge >= 0.3 is 0 Å². The SMILES string of the molecule is CC(C)CCCN1CCC(N2CCC[C@@H](C(=O)NCc3cccnc3)C2)CC1. The van der Waals surface area contributed by atoms with Crippen molar-refractivity contribution in [2.75, 3.05) is 32.7 Å². The fraction of sp³-hybridized carbons (Fsp3) is 0.739. The summed E-state index contributed by atoms with van der Waals surface area (Å²) in [7, 11) is 0. The molecule has 5 nitrogen and oxygen atoms in total. The molecule has 156 valence electrons. The first-order chi connectivity index (χ1) is 13.6. The monoisotopic (exact) mass is 386 g/mol. The Labute approximate surface area is 170 Å². The number of piperidine rings is 2. The third-order valence-electron chi connectivity index (χ3n) is 6.34. The van der Waals surface area contributed by atoms with E-state index < -0.39 is 0 Å². The average Bonchev–Trinajstić information content (AvgIpc) is 2.73. The van der Waals surface area contributed by atoms with Crippen LogP contribution in [0.3, 0.4) is 0 Å². The van der Waals surface area contributed by atoms with Gasteiger partial charge in [0.2, 0.25) is 5.91 Å². The first kappa shape index (κ1) is 21.3. The molecule has 0 unspecified atom stereocenters. The van der Waals surface area contributed by atoms with Crippen molar-refractivity contribution in [2.45, 2.75) is 65.0 Å². The van der Waals surface area contributed by atoms with E-state index >= 15 is 0 Å². The van der Waals surface area contributed by atoms with Gasteiger partial charge in [0.15, 0.2) is 0 Å². The van der Waals surface area contributed by atoms with E-state index in [4.69, 9.17) is 0 Å². The number of amides is 1. The number of aromatic nitrogens is 1. The Kier molecular flexibility index (Phi) is 8.28. The highest BCUT2D eigenvalue weighted by Gasteiger charge is 2.31. The Morgan fingerprint density at radius 1 is 1.25 bits per heavy atom. The minimum atomic E-state index is 0.134. The van der Waals surface area contributed by atoms with E-state index in [1.54, 1.807) is 6.20 Å². The summed E-state index contributed by atoms with van der Waals surface area (Å²) in [4.78, 5) is 22.0. The molecular weight excluding hydrogens is 348 g/mol. The number of rotatable bonds is 8. The highest BCUT2D eigenvalue weighted by Crippen LogP contribution is 2.24. The quantitative estimate of drug-likeness (QED) is 0.745. The summed E-state index contributed by atoms with van der Waals surface area (Å²) in [5.74, 6) is 1.15. The van der Waals surface area contributed by atoms with Gasteiger partial charge in [0.1, 0.15) is 0 Å². The lowest BCUT2D eigenvalue weighted by atomic mass is 9.93. The molecule has 2 aliphatic rings. The predicted molar refractivity (Wildman–Crippen MR) is 114 cm³/mol. The zero-order valence-corrected chi connectivity index (χ0v) is 17.8. The van der Waals surface area contributed by atoms with E-state index in [0.717, 1.165) is 37.4 Å². The highest BCUT2D eigenvalue weighted by atomic mass is 16.1. The first-order valence-corrected chi connectivity index (χ1v) is 11.2. The number of pyridine rings is 1. The molecule has 2 saturated heterocycles. The molecule has 1 N–H and O–H groups in total. The molecule has 2 aliphatic heterocycles. The van der Waals surface area contributed by atoms with Crippen LogP contribution in [0.4, 0.5) is 0 Å². The second kappa shape index (κ2) is 10.9. The van der Waals surface area contributed by atoms with Gasteiger partial charge in [-0.15, -0.1) is 0 Å². The standard InChI is InChI=1S/C23H38N4O/c1-19(2)6-4-12-26-14-9-22(10-15-26)27-13-5-8-21(18-27)23(28)25-17-20-7-3-11-24-16-20/h3,7,11,16,19,21-22H,4-6,8-10,12-15,17-18H2,1-2H3,(H,25,28)/t21-/m1/s1. The molecule has 0 radical (unpaired) electrons. The second-order valence-corrected chi connectivity index (χ2v) is 9.02.